The van der Waals surface area contributed by atoms with Crippen LogP contribution in [0.1, 0.15) is 173 Å². The van der Waals surface area contributed by atoms with E-state index < -0.39 is 0 Å². The SMILES string of the molecule is CCCCCCCCCCCCCCc1cnc(-c2ccc(CCCCCCCCCCCCC)cc2)nc1. The van der Waals surface area contributed by atoms with Gasteiger partial charge in [0.2, 0.25) is 0 Å². The van der Waals surface area contributed by atoms with Gasteiger partial charge in [0.1, 0.15) is 0 Å². The monoisotopic (exact) mass is 534 g/mol. The van der Waals surface area contributed by atoms with Crippen LogP contribution in [0.15, 0.2) is 36.7 Å². The van der Waals surface area contributed by atoms with Crippen LogP contribution in [0.25, 0.3) is 11.4 Å². The molecule has 1 aromatic heterocycles. The molecule has 0 aliphatic heterocycles. The number of aryl methyl sites for hydroxylation is 2. The summed E-state index contributed by atoms with van der Waals surface area (Å²) in [5.41, 5.74) is 3.85. The first-order valence-corrected chi connectivity index (χ1v) is 17.2. The Kier molecular flexibility index (Phi) is 20.7. The van der Waals surface area contributed by atoms with Gasteiger partial charge >= 0.3 is 0 Å². The molecule has 0 unspecified atom stereocenters. The molecule has 2 aromatic rings. The first-order chi connectivity index (χ1) is 19.3. The van der Waals surface area contributed by atoms with Crippen LogP contribution in [0.3, 0.4) is 0 Å². The van der Waals surface area contributed by atoms with E-state index in [1.54, 1.807) is 0 Å². The highest BCUT2D eigenvalue weighted by Gasteiger charge is 2.03. The molecule has 0 aliphatic carbocycles. The summed E-state index contributed by atoms with van der Waals surface area (Å²) in [6, 6.07) is 8.95. The average Bonchev–Trinajstić information content (AvgIpc) is 2.97. The summed E-state index contributed by atoms with van der Waals surface area (Å²) in [4.78, 5) is 9.35. The molecule has 0 fully saturated rings. The molecule has 39 heavy (non-hydrogen) atoms. The van der Waals surface area contributed by atoms with Gasteiger partial charge < -0.3 is 0 Å². The number of unbranched alkanes of at least 4 members (excludes halogenated alkanes) is 21. The zero-order valence-corrected chi connectivity index (χ0v) is 26.0. The molecule has 0 bridgehead atoms. The Morgan fingerprint density at radius 1 is 0.385 bits per heavy atom. The first kappa shape index (κ1) is 33.5. The van der Waals surface area contributed by atoms with E-state index in [1.165, 1.54) is 165 Å². The van der Waals surface area contributed by atoms with Crippen molar-refractivity contribution in [2.45, 2.75) is 174 Å². The Morgan fingerprint density at radius 3 is 1.10 bits per heavy atom. The maximum Gasteiger partial charge on any atom is 0.159 e. The highest BCUT2D eigenvalue weighted by atomic mass is 14.9. The van der Waals surface area contributed by atoms with Gasteiger partial charge in [-0.2, -0.15) is 0 Å². The van der Waals surface area contributed by atoms with E-state index in [9.17, 15) is 0 Å². The fourth-order valence-electron chi connectivity index (χ4n) is 5.62. The Bertz CT molecular complexity index is 780. The molecule has 0 aliphatic rings. The largest absolute Gasteiger partial charge is 0.236 e. The molecular formula is C37H62N2. The molecule has 0 atom stereocenters. The predicted molar refractivity (Wildman–Crippen MR) is 172 cm³/mol. The van der Waals surface area contributed by atoms with Crippen LogP contribution in [0.4, 0.5) is 0 Å². The maximum atomic E-state index is 4.67. The molecule has 1 aromatic carbocycles. The van der Waals surface area contributed by atoms with E-state index in [-0.39, 0.29) is 0 Å². The van der Waals surface area contributed by atoms with Gasteiger partial charge in [0.15, 0.2) is 5.82 Å². The summed E-state index contributed by atoms with van der Waals surface area (Å²) in [5.74, 6) is 0.856. The zero-order chi connectivity index (χ0) is 27.6. The van der Waals surface area contributed by atoms with Crippen LogP contribution in [0.5, 0.6) is 0 Å². The zero-order valence-electron chi connectivity index (χ0n) is 26.0. The summed E-state index contributed by atoms with van der Waals surface area (Å²) in [5, 5.41) is 0. The van der Waals surface area contributed by atoms with Crippen molar-refractivity contribution in [2.75, 3.05) is 0 Å². The lowest BCUT2D eigenvalue weighted by molar-refractivity contribution is 0.544. The first-order valence-electron chi connectivity index (χ1n) is 17.2. The third-order valence-corrected chi connectivity index (χ3v) is 8.31. The number of nitrogens with zero attached hydrogens (tertiary/aromatic N) is 2. The van der Waals surface area contributed by atoms with Crippen molar-refractivity contribution in [2.24, 2.45) is 0 Å². The molecule has 0 saturated heterocycles. The summed E-state index contributed by atoms with van der Waals surface area (Å²) in [6.07, 6.45) is 38.6. The van der Waals surface area contributed by atoms with Crippen LogP contribution in [0.2, 0.25) is 0 Å². The van der Waals surface area contributed by atoms with Gasteiger partial charge in [-0.3, -0.25) is 0 Å². The fourth-order valence-corrected chi connectivity index (χ4v) is 5.62. The van der Waals surface area contributed by atoms with Crippen molar-refractivity contribution in [1.82, 2.24) is 9.97 Å². The van der Waals surface area contributed by atoms with Crippen molar-refractivity contribution < 1.29 is 0 Å². The smallest absolute Gasteiger partial charge is 0.159 e. The van der Waals surface area contributed by atoms with Gasteiger partial charge in [-0.15, -0.1) is 0 Å². The Labute approximate surface area is 243 Å². The highest BCUT2D eigenvalue weighted by molar-refractivity contribution is 5.55. The van der Waals surface area contributed by atoms with Gasteiger partial charge in [-0.05, 0) is 36.8 Å². The van der Waals surface area contributed by atoms with Crippen molar-refractivity contribution in [3.63, 3.8) is 0 Å². The van der Waals surface area contributed by atoms with E-state index in [0.29, 0.717) is 0 Å². The van der Waals surface area contributed by atoms with Crippen molar-refractivity contribution in [3.05, 3.63) is 47.8 Å². The minimum absolute atomic E-state index is 0.856. The maximum absolute atomic E-state index is 4.67. The molecule has 0 saturated carbocycles. The lowest BCUT2D eigenvalue weighted by Gasteiger charge is -2.06. The number of benzene rings is 1. The van der Waals surface area contributed by atoms with E-state index in [0.717, 1.165) is 17.8 Å². The van der Waals surface area contributed by atoms with Gasteiger partial charge in [-0.1, -0.05) is 173 Å². The lowest BCUT2D eigenvalue weighted by atomic mass is 10.0. The van der Waals surface area contributed by atoms with Crippen molar-refractivity contribution in [1.29, 1.82) is 0 Å². The summed E-state index contributed by atoms with van der Waals surface area (Å²) in [6.45, 7) is 4.59. The minimum Gasteiger partial charge on any atom is -0.236 e. The summed E-state index contributed by atoms with van der Waals surface area (Å²) >= 11 is 0. The molecular weight excluding hydrogens is 472 g/mol. The topological polar surface area (TPSA) is 25.8 Å². The Hall–Kier alpha value is -1.70. The molecule has 2 heteroatoms. The van der Waals surface area contributed by atoms with Crippen LogP contribution in [-0.4, -0.2) is 9.97 Å². The minimum atomic E-state index is 0.856. The molecule has 0 N–H and O–H groups in total. The second-order valence-corrected chi connectivity index (χ2v) is 12.0. The Balaban J connectivity index is 1.49. The molecule has 0 radical (unpaired) electrons. The third-order valence-electron chi connectivity index (χ3n) is 8.31. The normalized spacial score (nSPS) is 11.3. The number of aromatic nitrogens is 2. The lowest BCUT2D eigenvalue weighted by Crippen LogP contribution is -1.94. The standard InChI is InChI=1S/C37H62N2/c1-3-5-7-9-11-13-15-17-19-21-23-25-27-35-32-38-37(39-33-35)36-30-28-34(29-31-36)26-24-22-20-18-16-14-12-10-8-6-4-2/h28-33H,3-27H2,1-2H3. The summed E-state index contributed by atoms with van der Waals surface area (Å²) in [7, 11) is 0. The van der Waals surface area contributed by atoms with Crippen LogP contribution >= 0.6 is 0 Å². The van der Waals surface area contributed by atoms with Crippen LogP contribution < -0.4 is 0 Å². The fraction of sp³-hybridized carbons (Fsp3) is 0.730. The second-order valence-electron chi connectivity index (χ2n) is 12.0. The highest BCUT2D eigenvalue weighted by Crippen LogP contribution is 2.19. The predicted octanol–water partition coefficient (Wildman–Crippen LogP) is 12.2. The van der Waals surface area contributed by atoms with Crippen molar-refractivity contribution >= 4 is 0 Å². The molecule has 0 amide bonds. The molecule has 0 spiro atoms. The quantitative estimate of drug-likeness (QED) is 0.112. The second kappa shape index (κ2) is 24.1. The van der Waals surface area contributed by atoms with Crippen LogP contribution in [-0.2, 0) is 12.8 Å². The number of rotatable bonds is 26. The number of hydrogen-bond donors (Lipinski definition) is 0. The van der Waals surface area contributed by atoms with Gasteiger partial charge in [0, 0.05) is 18.0 Å². The van der Waals surface area contributed by atoms with Crippen LogP contribution in [0, 0.1) is 0 Å². The third kappa shape index (κ3) is 17.6. The van der Waals surface area contributed by atoms with E-state index in [1.807, 2.05) is 12.4 Å². The van der Waals surface area contributed by atoms with E-state index >= 15 is 0 Å². The average molecular weight is 535 g/mol. The number of hydrogen-bond acceptors (Lipinski definition) is 2. The van der Waals surface area contributed by atoms with Gasteiger partial charge in [-0.25, -0.2) is 9.97 Å². The van der Waals surface area contributed by atoms with E-state index in [2.05, 4.69) is 48.1 Å². The Morgan fingerprint density at radius 2 is 0.718 bits per heavy atom. The summed E-state index contributed by atoms with van der Waals surface area (Å²) < 4.78 is 0. The molecule has 1 heterocycles. The molecule has 2 rings (SSSR count). The van der Waals surface area contributed by atoms with Gasteiger partial charge in [0.25, 0.3) is 0 Å². The van der Waals surface area contributed by atoms with Crippen molar-refractivity contribution in [3.8, 4) is 11.4 Å². The van der Waals surface area contributed by atoms with E-state index in [4.69, 9.17) is 0 Å². The molecule has 2 nitrogen and oxygen atoms in total. The molecule has 220 valence electrons. The van der Waals surface area contributed by atoms with Gasteiger partial charge in [0.05, 0.1) is 0 Å².